The second-order valence-electron chi connectivity index (χ2n) is 6.02. The molecule has 0 bridgehead atoms. The van der Waals surface area contributed by atoms with Crippen LogP contribution in [-0.4, -0.2) is 52.5 Å². The van der Waals surface area contributed by atoms with Gasteiger partial charge in [-0.25, -0.2) is 4.79 Å². The number of urea groups is 1. The van der Waals surface area contributed by atoms with Crippen LogP contribution >= 0.6 is 0 Å². The average Bonchev–Trinajstić information content (AvgIpc) is 2.67. The molecule has 1 fully saturated rings. The fourth-order valence-corrected chi connectivity index (χ4v) is 2.23. The van der Waals surface area contributed by atoms with E-state index in [4.69, 9.17) is 4.74 Å². The Kier molecular flexibility index (Phi) is 4.70. The van der Waals surface area contributed by atoms with Gasteiger partial charge in [-0.1, -0.05) is 0 Å². The van der Waals surface area contributed by atoms with E-state index >= 15 is 0 Å². The van der Waals surface area contributed by atoms with Gasteiger partial charge in [0.05, 0.1) is 6.54 Å². The maximum absolute atomic E-state index is 12.0. The van der Waals surface area contributed by atoms with Crippen LogP contribution in [0.5, 0.6) is 5.75 Å². The van der Waals surface area contributed by atoms with Crippen molar-refractivity contribution in [3.8, 4) is 5.75 Å². The van der Waals surface area contributed by atoms with Crippen LogP contribution in [0.25, 0.3) is 0 Å². The van der Waals surface area contributed by atoms with E-state index in [1.54, 1.807) is 38.1 Å². The van der Waals surface area contributed by atoms with E-state index in [2.05, 4.69) is 5.32 Å². The number of carbonyl (C=O) groups is 3. The first-order chi connectivity index (χ1) is 10.7. The predicted molar refractivity (Wildman–Crippen MR) is 82.3 cm³/mol. The van der Waals surface area contributed by atoms with Gasteiger partial charge >= 0.3 is 6.03 Å². The van der Waals surface area contributed by atoms with Crippen LogP contribution in [0.2, 0.25) is 0 Å². The van der Waals surface area contributed by atoms with Crippen molar-refractivity contribution < 1.29 is 24.2 Å². The molecule has 7 heteroatoms. The van der Waals surface area contributed by atoms with Gasteiger partial charge in [0.15, 0.2) is 5.78 Å². The van der Waals surface area contributed by atoms with E-state index in [9.17, 15) is 19.5 Å². The smallest absolute Gasteiger partial charge is 0.325 e. The second kappa shape index (κ2) is 6.37. The molecule has 0 aliphatic carbocycles. The molecular weight excluding hydrogens is 300 g/mol. The Morgan fingerprint density at radius 3 is 2.39 bits per heavy atom. The molecule has 7 nitrogen and oxygen atoms in total. The van der Waals surface area contributed by atoms with Crippen molar-refractivity contribution in [2.24, 2.45) is 0 Å². The van der Waals surface area contributed by atoms with Crippen LogP contribution in [0, 0.1) is 0 Å². The lowest BCUT2D eigenvalue weighted by Crippen LogP contribution is -2.42. The van der Waals surface area contributed by atoms with Gasteiger partial charge in [-0.05, 0) is 45.0 Å². The third kappa shape index (κ3) is 3.87. The highest BCUT2D eigenvalue weighted by molar-refractivity contribution is 6.06. The molecule has 1 unspecified atom stereocenters. The van der Waals surface area contributed by atoms with Crippen molar-refractivity contribution in [3.05, 3.63) is 29.8 Å². The topological polar surface area (TPSA) is 95.9 Å². The standard InChI is InChI=1S/C16H20N2O5/c1-10(19)11-4-6-13(7-5-11)23-9-12(20)8-18-14(21)16(2,3)17-15(18)22/h4-7,12,20H,8-9H2,1-3H3,(H,17,22). The lowest BCUT2D eigenvalue weighted by Gasteiger charge is -2.19. The molecule has 1 heterocycles. The highest BCUT2D eigenvalue weighted by atomic mass is 16.5. The number of ether oxygens (including phenoxy) is 1. The minimum absolute atomic E-state index is 0.0437. The number of rotatable bonds is 6. The number of imide groups is 1. The molecule has 2 rings (SSSR count). The van der Waals surface area contributed by atoms with E-state index in [1.807, 2.05) is 0 Å². The number of ketones is 1. The first kappa shape index (κ1) is 17.0. The molecule has 0 saturated carbocycles. The number of β-amino-alcohol motifs (C(OH)–C–C–N with tert-alkyl or cyclic N) is 1. The SMILES string of the molecule is CC(=O)c1ccc(OCC(O)CN2C(=O)NC(C)(C)C2=O)cc1. The van der Waals surface area contributed by atoms with Crippen molar-refractivity contribution in [2.45, 2.75) is 32.4 Å². The number of nitrogens with zero attached hydrogens (tertiary/aromatic N) is 1. The van der Waals surface area contributed by atoms with Crippen LogP contribution < -0.4 is 10.1 Å². The van der Waals surface area contributed by atoms with Crippen molar-refractivity contribution in [3.63, 3.8) is 0 Å². The highest BCUT2D eigenvalue weighted by Crippen LogP contribution is 2.17. The lowest BCUT2D eigenvalue weighted by molar-refractivity contribution is -0.131. The van der Waals surface area contributed by atoms with E-state index in [0.29, 0.717) is 11.3 Å². The molecule has 1 aliphatic rings. The molecule has 1 atom stereocenters. The maximum Gasteiger partial charge on any atom is 0.325 e. The van der Waals surface area contributed by atoms with Gasteiger partial charge in [0, 0.05) is 5.56 Å². The normalized spacial score (nSPS) is 17.8. The molecule has 0 spiro atoms. The third-order valence-electron chi connectivity index (χ3n) is 3.54. The van der Waals surface area contributed by atoms with Gasteiger partial charge in [0.2, 0.25) is 0 Å². The van der Waals surface area contributed by atoms with Crippen LogP contribution in [-0.2, 0) is 4.79 Å². The number of Topliss-reactive ketones (excluding diaryl/α,β-unsaturated/α-hetero) is 1. The number of nitrogens with one attached hydrogen (secondary N) is 1. The van der Waals surface area contributed by atoms with Crippen molar-refractivity contribution in [1.29, 1.82) is 0 Å². The molecule has 2 N–H and O–H groups in total. The molecule has 1 saturated heterocycles. The van der Waals surface area contributed by atoms with Crippen LogP contribution in [0.3, 0.4) is 0 Å². The molecule has 124 valence electrons. The molecule has 0 radical (unpaired) electrons. The summed E-state index contributed by atoms with van der Waals surface area (Å²) in [5.41, 5.74) is -0.389. The zero-order chi connectivity index (χ0) is 17.2. The van der Waals surface area contributed by atoms with Gasteiger partial charge in [0.1, 0.15) is 24.0 Å². The average molecular weight is 320 g/mol. The summed E-state index contributed by atoms with van der Waals surface area (Å²) in [7, 11) is 0. The molecular formula is C16H20N2O5. The fourth-order valence-electron chi connectivity index (χ4n) is 2.23. The molecule has 1 aromatic rings. The summed E-state index contributed by atoms with van der Waals surface area (Å²) in [6.07, 6.45) is -1.01. The number of aliphatic hydroxyl groups excluding tert-OH is 1. The van der Waals surface area contributed by atoms with E-state index in [1.165, 1.54) is 6.92 Å². The number of aliphatic hydroxyl groups is 1. The first-order valence-electron chi connectivity index (χ1n) is 7.26. The Morgan fingerprint density at radius 1 is 1.30 bits per heavy atom. The number of benzene rings is 1. The number of amides is 3. The molecule has 1 aromatic carbocycles. The van der Waals surface area contributed by atoms with Crippen molar-refractivity contribution >= 4 is 17.7 Å². The maximum atomic E-state index is 12.0. The predicted octanol–water partition coefficient (Wildman–Crippen LogP) is 0.959. The zero-order valence-corrected chi connectivity index (χ0v) is 13.3. The molecule has 3 amide bonds. The summed E-state index contributed by atoms with van der Waals surface area (Å²) >= 11 is 0. The summed E-state index contributed by atoms with van der Waals surface area (Å²) < 4.78 is 5.40. The van der Waals surface area contributed by atoms with E-state index in [0.717, 1.165) is 4.90 Å². The Morgan fingerprint density at radius 2 is 1.91 bits per heavy atom. The van der Waals surface area contributed by atoms with E-state index in [-0.39, 0.29) is 24.8 Å². The van der Waals surface area contributed by atoms with Gasteiger partial charge in [-0.15, -0.1) is 0 Å². The number of hydrogen-bond donors (Lipinski definition) is 2. The number of hydrogen-bond acceptors (Lipinski definition) is 5. The molecule has 1 aliphatic heterocycles. The minimum atomic E-state index is -1.01. The summed E-state index contributed by atoms with van der Waals surface area (Å²) in [5.74, 6) is 0.0664. The van der Waals surface area contributed by atoms with Gasteiger partial charge in [-0.3, -0.25) is 14.5 Å². The second-order valence-corrected chi connectivity index (χ2v) is 6.02. The Balaban J connectivity index is 1.88. The largest absolute Gasteiger partial charge is 0.491 e. The highest BCUT2D eigenvalue weighted by Gasteiger charge is 2.44. The Hall–Kier alpha value is -2.41. The van der Waals surface area contributed by atoms with Crippen molar-refractivity contribution in [2.75, 3.05) is 13.2 Å². The Labute approximate surface area is 134 Å². The van der Waals surface area contributed by atoms with E-state index < -0.39 is 17.7 Å². The molecule has 23 heavy (non-hydrogen) atoms. The summed E-state index contributed by atoms with van der Waals surface area (Å²) in [6.45, 7) is 4.47. The monoisotopic (exact) mass is 320 g/mol. The Bertz CT molecular complexity index is 624. The van der Waals surface area contributed by atoms with Crippen LogP contribution in [0.4, 0.5) is 4.79 Å². The summed E-state index contributed by atoms with van der Waals surface area (Å²) in [6, 6.07) is 5.99. The zero-order valence-electron chi connectivity index (χ0n) is 13.3. The van der Waals surface area contributed by atoms with Gasteiger partial charge in [0.25, 0.3) is 5.91 Å². The molecule has 0 aromatic heterocycles. The van der Waals surface area contributed by atoms with Gasteiger partial charge < -0.3 is 15.2 Å². The minimum Gasteiger partial charge on any atom is -0.491 e. The van der Waals surface area contributed by atoms with Crippen LogP contribution in [0.15, 0.2) is 24.3 Å². The van der Waals surface area contributed by atoms with Gasteiger partial charge in [-0.2, -0.15) is 0 Å². The van der Waals surface area contributed by atoms with Crippen molar-refractivity contribution in [1.82, 2.24) is 10.2 Å². The quantitative estimate of drug-likeness (QED) is 0.601. The lowest BCUT2D eigenvalue weighted by atomic mass is 10.1. The third-order valence-corrected chi connectivity index (χ3v) is 3.54. The first-order valence-corrected chi connectivity index (χ1v) is 7.26. The fraction of sp³-hybridized carbons (Fsp3) is 0.438. The summed E-state index contributed by atoms with van der Waals surface area (Å²) in [4.78, 5) is 35.9. The van der Waals surface area contributed by atoms with Crippen LogP contribution in [0.1, 0.15) is 31.1 Å². The number of carbonyl (C=O) groups excluding carboxylic acids is 3. The summed E-state index contributed by atoms with van der Waals surface area (Å²) in [5, 5.41) is 12.5.